The SMILES string of the molecule is CNC(=O)Cc1csc(CC(=O)Cc2ccc(C)cc2OCC(C)C)n1. The number of benzene rings is 1. The van der Waals surface area contributed by atoms with Crippen molar-refractivity contribution in [1.29, 1.82) is 0 Å². The number of aromatic nitrogens is 1. The molecule has 0 radical (unpaired) electrons. The van der Waals surface area contributed by atoms with Gasteiger partial charge in [-0.15, -0.1) is 11.3 Å². The molecule has 0 unspecified atom stereocenters. The van der Waals surface area contributed by atoms with Crippen molar-refractivity contribution in [1.82, 2.24) is 10.3 Å². The predicted octanol–water partition coefficient (Wildman–Crippen LogP) is 3.13. The van der Waals surface area contributed by atoms with E-state index in [1.54, 1.807) is 7.05 Å². The molecule has 0 fully saturated rings. The molecule has 0 aliphatic carbocycles. The molecule has 0 saturated heterocycles. The lowest BCUT2D eigenvalue weighted by Crippen LogP contribution is -2.20. The smallest absolute Gasteiger partial charge is 0.225 e. The fourth-order valence-corrected chi connectivity index (χ4v) is 3.23. The van der Waals surface area contributed by atoms with Gasteiger partial charge in [-0.3, -0.25) is 9.59 Å². The lowest BCUT2D eigenvalue weighted by Gasteiger charge is -2.13. The molecule has 1 heterocycles. The number of nitrogens with zero attached hydrogens (tertiary/aromatic N) is 1. The summed E-state index contributed by atoms with van der Waals surface area (Å²) in [5.41, 5.74) is 2.72. The van der Waals surface area contributed by atoms with Gasteiger partial charge in [0, 0.05) is 24.4 Å². The summed E-state index contributed by atoms with van der Waals surface area (Å²) in [5, 5.41) is 5.15. The Morgan fingerprint density at radius 2 is 2.00 bits per heavy atom. The van der Waals surface area contributed by atoms with Crippen LogP contribution in [0.2, 0.25) is 0 Å². The fraction of sp³-hybridized carbons (Fsp3) is 0.450. The van der Waals surface area contributed by atoms with E-state index in [1.165, 1.54) is 11.3 Å². The molecular weight excluding hydrogens is 348 g/mol. The lowest BCUT2D eigenvalue weighted by atomic mass is 10.0. The van der Waals surface area contributed by atoms with Crippen LogP contribution >= 0.6 is 11.3 Å². The Morgan fingerprint density at radius 3 is 2.69 bits per heavy atom. The average molecular weight is 375 g/mol. The molecule has 1 N–H and O–H groups in total. The first-order valence-electron chi connectivity index (χ1n) is 8.75. The molecule has 1 aromatic heterocycles. The van der Waals surface area contributed by atoms with Gasteiger partial charge < -0.3 is 10.1 Å². The maximum absolute atomic E-state index is 12.5. The monoisotopic (exact) mass is 374 g/mol. The van der Waals surface area contributed by atoms with Crippen LogP contribution in [0.15, 0.2) is 23.6 Å². The van der Waals surface area contributed by atoms with Crippen LogP contribution in [0.4, 0.5) is 0 Å². The van der Waals surface area contributed by atoms with Crippen molar-refractivity contribution < 1.29 is 14.3 Å². The van der Waals surface area contributed by atoms with Gasteiger partial charge in [-0.1, -0.05) is 26.0 Å². The summed E-state index contributed by atoms with van der Waals surface area (Å²) in [5.74, 6) is 1.21. The molecule has 0 bridgehead atoms. The van der Waals surface area contributed by atoms with Crippen LogP contribution in [0.1, 0.15) is 35.7 Å². The number of amides is 1. The summed E-state index contributed by atoms with van der Waals surface area (Å²) in [6.07, 6.45) is 0.834. The van der Waals surface area contributed by atoms with Crippen molar-refractivity contribution in [3.8, 4) is 5.75 Å². The Morgan fingerprint density at radius 1 is 1.23 bits per heavy atom. The first kappa shape index (κ1) is 20.1. The second kappa shape index (κ2) is 9.48. The molecule has 1 amide bonds. The Balaban J connectivity index is 2.00. The standard InChI is InChI=1S/C20H26N2O3S/c1-13(2)11-25-18-7-14(3)5-6-15(18)8-17(23)10-20-22-16(12-26-20)9-19(24)21-4/h5-7,12-13H,8-11H2,1-4H3,(H,21,24). The number of Topliss-reactive ketones (excluding diaryl/α,β-unsaturated/α-hetero) is 1. The van der Waals surface area contributed by atoms with Crippen molar-refractivity contribution in [2.75, 3.05) is 13.7 Å². The molecule has 0 saturated carbocycles. The maximum atomic E-state index is 12.5. The van der Waals surface area contributed by atoms with Gasteiger partial charge in [0.15, 0.2) is 0 Å². The van der Waals surface area contributed by atoms with Gasteiger partial charge in [0.05, 0.1) is 25.1 Å². The van der Waals surface area contributed by atoms with Crippen LogP contribution in [0.25, 0.3) is 0 Å². The largest absolute Gasteiger partial charge is 0.493 e. The van der Waals surface area contributed by atoms with Crippen LogP contribution in [-0.2, 0) is 28.9 Å². The minimum atomic E-state index is -0.0835. The highest BCUT2D eigenvalue weighted by molar-refractivity contribution is 7.09. The Bertz CT molecular complexity index is 768. The van der Waals surface area contributed by atoms with E-state index < -0.39 is 0 Å². The molecule has 5 nitrogen and oxygen atoms in total. The minimum absolute atomic E-state index is 0.0835. The number of hydrogen-bond acceptors (Lipinski definition) is 5. The highest BCUT2D eigenvalue weighted by Crippen LogP contribution is 2.23. The second-order valence-corrected chi connectivity index (χ2v) is 7.73. The molecule has 0 spiro atoms. The number of hydrogen-bond donors (Lipinski definition) is 1. The van der Waals surface area contributed by atoms with Crippen LogP contribution in [0.5, 0.6) is 5.75 Å². The van der Waals surface area contributed by atoms with Gasteiger partial charge in [-0.2, -0.15) is 0 Å². The van der Waals surface area contributed by atoms with Crippen molar-refractivity contribution in [3.05, 3.63) is 45.4 Å². The zero-order valence-corrected chi connectivity index (χ0v) is 16.6. The van der Waals surface area contributed by atoms with Crippen LogP contribution < -0.4 is 10.1 Å². The number of likely N-dealkylation sites (N-methyl/N-ethyl adjacent to an activating group) is 1. The third-order valence-corrected chi connectivity index (χ3v) is 4.65. The number of rotatable bonds is 9. The number of carbonyl (C=O) groups is 2. The molecule has 0 aliphatic heterocycles. The van der Waals surface area contributed by atoms with Gasteiger partial charge >= 0.3 is 0 Å². The normalized spacial score (nSPS) is 10.8. The zero-order valence-electron chi connectivity index (χ0n) is 15.8. The number of aryl methyl sites for hydroxylation is 1. The summed E-state index contributed by atoms with van der Waals surface area (Å²) in [4.78, 5) is 28.3. The van der Waals surface area contributed by atoms with Crippen molar-refractivity contribution in [2.45, 2.75) is 40.0 Å². The summed E-state index contributed by atoms with van der Waals surface area (Å²) in [6.45, 7) is 6.83. The van der Waals surface area contributed by atoms with Gasteiger partial charge in [0.1, 0.15) is 16.5 Å². The van der Waals surface area contributed by atoms with Gasteiger partial charge in [0.25, 0.3) is 0 Å². The molecule has 1 aromatic carbocycles. The zero-order chi connectivity index (χ0) is 19.1. The Kier molecular flexibility index (Phi) is 7.33. The van der Waals surface area contributed by atoms with Crippen LogP contribution in [0, 0.1) is 12.8 Å². The average Bonchev–Trinajstić information content (AvgIpc) is 3.01. The molecule has 6 heteroatoms. The summed E-state index contributed by atoms with van der Waals surface area (Å²) in [6, 6.07) is 5.94. The number of ketones is 1. The van der Waals surface area contributed by atoms with E-state index in [-0.39, 0.29) is 24.5 Å². The number of nitrogens with one attached hydrogen (secondary N) is 1. The highest BCUT2D eigenvalue weighted by Gasteiger charge is 2.14. The first-order chi connectivity index (χ1) is 12.4. The Labute approximate surface area is 158 Å². The minimum Gasteiger partial charge on any atom is -0.493 e. The molecule has 2 rings (SSSR count). The summed E-state index contributed by atoms with van der Waals surface area (Å²) in [7, 11) is 1.60. The van der Waals surface area contributed by atoms with E-state index in [9.17, 15) is 9.59 Å². The third kappa shape index (κ3) is 6.26. The maximum Gasteiger partial charge on any atom is 0.225 e. The topological polar surface area (TPSA) is 68.3 Å². The van der Waals surface area contributed by atoms with Crippen LogP contribution in [-0.4, -0.2) is 30.3 Å². The highest BCUT2D eigenvalue weighted by atomic mass is 32.1. The van der Waals surface area contributed by atoms with E-state index in [0.717, 1.165) is 21.9 Å². The van der Waals surface area contributed by atoms with Crippen molar-refractivity contribution >= 4 is 23.0 Å². The first-order valence-corrected chi connectivity index (χ1v) is 9.63. The van der Waals surface area contributed by atoms with Crippen LogP contribution in [0.3, 0.4) is 0 Å². The number of carbonyl (C=O) groups excluding carboxylic acids is 2. The quantitative estimate of drug-likeness (QED) is 0.732. The summed E-state index contributed by atoms with van der Waals surface area (Å²) < 4.78 is 5.88. The molecule has 0 atom stereocenters. The molecule has 0 aliphatic rings. The summed E-state index contributed by atoms with van der Waals surface area (Å²) >= 11 is 1.42. The van der Waals surface area contributed by atoms with Crippen molar-refractivity contribution in [2.24, 2.45) is 5.92 Å². The fourth-order valence-electron chi connectivity index (χ4n) is 2.41. The molecule has 140 valence electrons. The van der Waals surface area contributed by atoms with E-state index in [2.05, 4.69) is 24.1 Å². The van der Waals surface area contributed by atoms with E-state index >= 15 is 0 Å². The number of thiazole rings is 1. The predicted molar refractivity (Wildman–Crippen MR) is 104 cm³/mol. The van der Waals surface area contributed by atoms with E-state index in [0.29, 0.717) is 24.6 Å². The van der Waals surface area contributed by atoms with E-state index in [4.69, 9.17) is 4.74 Å². The second-order valence-electron chi connectivity index (χ2n) is 6.79. The Hall–Kier alpha value is -2.21. The van der Waals surface area contributed by atoms with Gasteiger partial charge in [-0.05, 0) is 24.5 Å². The molecule has 2 aromatic rings. The molecular formula is C20H26N2O3S. The molecule has 26 heavy (non-hydrogen) atoms. The van der Waals surface area contributed by atoms with Gasteiger partial charge in [-0.25, -0.2) is 4.98 Å². The van der Waals surface area contributed by atoms with Gasteiger partial charge in [0.2, 0.25) is 5.91 Å². The number of ether oxygens (including phenoxy) is 1. The lowest BCUT2D eigenvalue weighted by molar-refractivity contribution is -0.120. The van der Waals surface area contributed by atoms with Crippen molar-refractivity contribution in [3.63, 3.8) is 0 Å². The van der Waals surface area contributed by atoms with E-state index in [1.807, 2.05) is 30.5 Å². The third-order valence-electron chi connectivity index (χ3n) is 3.75.